The van der Waals surface area contributed by atoms with E-state index in [0.717, 1.165) is 4.90 Å². The maximum atomic E-state index is 13.1. The molecule has 0 radical (unpaired) electrons. The number of anilines is 1. The molecule has 0 bridgehead atoms. The molecule has 0 aromatic heterocycles. The molecule has 3 N–H and O–H groups in total. The molecule has 3 aromatic rings. The summed E-state index contributed by atoms with van der Waals surface area (Å²) < 4.78 is 11.2. The summed E-state index contributed by atoms with van der Waals surface area (Å²) in [5, 5.41) is 20.7. The molecule has 10 nitrogen and oxygen atoms in total. The van der Waals surface area contributed by atoms with Crippen LogP contribution < -0.4 is 19.7 Å². The average Bonchev–Trinajstić information content (AvgIpc) is 2.87. The number of nitrogens with one attached hydrogen (secondary N) is 1. The Bertz CT molecular complexity index is 1430. The maximum absolute atomic E-state index is 13.1. The third-order valence-corrected chi connectivity index (χ3v) is 5.64. The van der Waals surface area contributed by atoms with Gasteiger partial charge in [-0.25, -0.2) is 14.5 Å². The number of amides is 4. The summed E-state index contributed by atoms with van der Waals surface area (Å²) in [5.41, 5.74) is 1.01. The molecule has 0 unspecified atom stereocenters. The van der Waals surface area contributed by atoms with E-state index in [2.05, 4.69) is 5.32 Å². The molecule has 4 amide bonds. The van der Waals surface area contributed by atoms with Crippen molar-refractivity contribution in [1.29, 1.82) is 0 Å². The van der Waals surface area contributed by atoms with Crippen LogP contribution in [0.25, 0.3) is 6.08 Å². The number of aromatic hydroxyl groups is 1. The number of carbonyl (C=O) groups is 4. The number of rotatable bonds is 7. The predicted molar refractivity (Wildman–Crippen MR) is 133 cm³/mol. The van der Waals surface area contributed by atoms with Gasteiger partial charge in [0.2, 0.25) is 0 Å². The van der Waals surface area contributed by atoms with Crippen molar-refractivity contribution in [3.8, 4) is 17.2 Å². The first-order valence-corrected chi connectivity index (χ1v) is 11.1. The normalized spacial score (nSPS) is 14.5. The number of halogens is 1. The lowest BCUT2D eigenvalue weighted by atomic mass is 10.1. The number of phenolic OH excluding ortho intramolecular Hbond substituents is 1. The van der Waals surface area contributed by atoms with Gasteiger partial charge in [0.15, 0.2) is 11.5 Å². The summed E-state index contributed by atoms with van der Waals surface area (Å²) in [5.74, 6) is -2.42. The summed E-state index contributed by atoms with van der Waals surface area (Å²) in [6.07, 6.45) is 1.26. The van der Waals surface area contributed by atoms with Crippen molar-refractivity contribution in [2.75, 3.05) is 12.0 Å². The van der Waals surface area contributed by atoms with Crippen molar-refractivity contribution in [3.63, 3.8) is 0 Å². The minimum absolute atomic E-state index is 0.0539. The van der Waals surface area contributed by atoms with Gasteiger partial charge in [0.25, 0.3) is 11.8 Å². The topological polar surface area (TPSA) is 142 Å². The second kappa shape index (κ2) is 10.4. The SMILES string of the molecule is COc1cc(/C=C2\C(=O)NC(=O)N(c3ccc(O)cc3)C2=O)cc(Cl)c1OCc1ccc(C(=O)O)cc1. The Morgan fingerprint density at radius 3 is 2.35 bits per heavy atom. The maximum Gasteiger partial charge on any atom is 0.335 e. The third-order valence-electron chi connectivity index (χ3n) is 5.36. The van der Waals surface area contributed by atoms with E-state index in [4.69, 9.17) is 26.2 Å². The van der Waals surface area contributed by atoms with Gasteiger partial charge < -0.3 is 19.7 Å². The van der Waals surface area contributed by atoms with Crippen molar-refractivity contribution in [3.05, 3.63) is 87.9 Å². The lowest BCUT2D eigenvalue weighted by Gasteiger charge is -2.26. The number of hydrogen-bond donors (Lipinski definition) is 3. The summed E-state index contributed by atoms with van der Waals surface area (Å²) >= 11 is 6.41. The van der Waals surface area contributed by atoms with Crippen molar-refractivity contribution in [2.24, 2.45) is 0 Å². The fraction of sp³-hybridized carbons (Fsp3) is 0.0769. The number of hydrogen-bond acceptors (Lipinski definition) is 7. The molecular weight excluding hydrogens is 504 g/mol. The second-order valence-electron chi connectivity index (χ2n) is 7.80. The molecule has 0 spiro atoms. The van der Waals surface area contributed by atoms with Gasteiger partial charge >= 0.3 is 12.0 Å². The van der Waals surface area contributed by atoms with Crippen LogP contribution in [0.4, 0.5) is 10.5 Å². The Kier molecular flexibility index (Phi) is 7.12. The number of carboxylic acids is 1. The van der Waals surface area contributed by atoms with Crippen LogP contribution in [0.3, 0.4) is 0 Å². The van der Waals surface area contributed by atoms with E-state index in [1.54, 1.807) is 12.1 Å². The Balaban J connectivity index is 1.60. The Morgan fingerprint density at radius 1 is 1.05 bits per heavy atom. The van der Waals surface area contributed by atoms with Crippen LogP contribution in [0, 0.1) is 0 Å². The number of carbonyl (C=O) groups excluding carboxylic acids is 3. The molecule has 4 rings (SSSR count). The van der Waals surface area contributed by atoms with Crippen LogP contribution in [0.2, 0.25) is 5.02 Å². The molecule has 0 aliphatic carbocycles. The van der Waals surface area contributed by atoms with Crippen molar-refractivity contribution in [1.82, 2.24) is 5.32 Å². The molecule has 1 aliphatic heterocycles. The lowest BCUT2D eigenvalue weighted by Crippen LogP contribution is -2.54. The predicted octanol–water partition coefficient (Wildman–Crippen LogP) is 4.00. The first-order valence-electron chi connectivity index (χ1n) is 10.7. The molecule has 11 heteroatoms. The molecular formula is C26H19ClN2O8. The molecule has 3 aromatic carbocycles. The monoisotopic (exact) mass is 522 g/mol. The highest BCUT2D eigenvalue weighted by Crippen LogP contribution is 2.38. The van der Waals surface area contributed by atoms with E-state index in [1.807, 2.05) is 0 Å². The number of methoxy groups -OCH3 is 1. The van der Waals surface area contributed by atoms with Gasteiger partial charge in [-0.1, -0.05) is 23.7 Å². The van der Waals surface area contributed by atoms with Gasteiger partial charge in [-0.15, -0.1) is 0 Å². The standard InChI is InChI=1S/C26H19ClN2O8/c1-36-21-12-15(11-20(27)22(21)37-13-14-2-4-16(5-3-14)25(33)34)10-19-23(31)28-26(35)29(24(19)32)17-6-8-18(30)9-7-17/h2-12,30H,13H2,1H3,(H,33,34)(H,28,31,35)/b19-10+. The summed E-state index contributed by atoms with van der Waals surface area (Å²) in [4.78, 5) is 49.6. The number of imide groups is 2. The molecule has 1 saturated heterocycles. The van der Waals surface area contributed by atoms with Crippen molar-refractivity contribution < 1.29 is 38.9 Å². The number of nitrogens with zero attached hydrogens (tertiary/aromatic N) is 1. The van der Waals surface area contributed by atoms with E-state index >= 15 is 0 Å². The Labute approximate surface area is 215 Å². The number of carboxylic acid groups (broad SMARTS) is 1. The summed E-state index contributed by atoms with van der Waals surface area (Å²) in [6.45, 7) is 0.0704. The quantitative estimate of drug-likeness (QED) is 0.312. The highest BCUT2D eigenvalue weighted by Gasteiger charge is 2.36. The van der Waals surface area contributed by atoms with Crippen molar-refractivity contribution >= 4 is 47.2 Å². The number of aromatic carboxylic acids is 1. The van der Waals surface area contributed by atoms with E-state index < -0.39 is 23.8 Å². The van der Waals surface area contributed by atoms with Gasteiger partial charge in [0.1, 0.15) is 17.9 Å². The molecule has 188 valence electrons. The van der Waals surface area contributed by atoms with E-state index in [0.29, 0.717) is 11.1 Å². The number of benzene rings is 3. The van der Waals surface area contributed by atoms with Gasteiger partial charge in [-0.2, -0.15) is 0 Å². The number of urea groups is 1. The van der Waals surface area contributed by atoms with E-state index in [-0.39, 0.29) is 45.7 Å². The van der Waals surface area contributed by atoms with Gasteiger partial charge in [0, 0.05) is 0 Å². The van der Waals surface area contributed by atoms with Gasteiger partial charge in [0.05, 0.1) is 23.4 Å². The van der Waals surface area contributed by atoms with Crippen LogP contribution in [0.1, 0.15) is 21.5 Å². The molecule has 37 heavy (non-hydrogen) atoms. The molecule has 1 heterocycles. The van der Waals surface area contributed by atoms with E-state index in [9.17, 15) is 24.3 Å². The molecule has 1 fully saturated rings. The number of barbiturate groups is 1. The van der Waals surface area contributed by atoms with Gasteiger partial charge in [-0.05, 0) is 65.7 Å². The fourth-order valence-corrected chi connectivity index (χ4v) is 3.80. The van der Waals surface area contributed by atoms with E-state index in [1.165, 1.54) is 61.7 Å². The third kappa shape index (κ3) is 5.39. The molecule has 1 aliphatic rings. The first-order chi connectivity index (χ1) is 17.7. The minimum Gasteiger partial charge on any atom is -0.508 e. The Morgan fingerprint density at radius 2 is 1.73 bits per heavy atom. The molecule has 0 atom stereocenters. The zero-order valence-electron chi connectivity index (χ0n) is 19.2. The summed E-state index contributed by atoms with van der Waals surface area (Å²) in [7, 11) is 1.39. The smallest absolute Gasteiger partial charge is 0.335 e. The minimum atomic E-state index is -1.04. The largest absolute Gasteiger partial charge is 0.508 e. The highest BCUT2D eigenvalue weighted by molar-refractivity contribution is 6.39. The van der Waals surface area contributed by atoms with Crippen LogP contribution in [0.5, 0.6) is 17.2 Å². The number of ether oxygens (including phenoxy) is 2. The van der Waals surface area contributed by atoms with Crippen LogP contribution in [-0.4, -0.2) is 41.1 Å². The Hall–Kier alpha value is -4.83. The fourth-order valence-electron chi connectivity index (χ4n) is 3.52. The van der Waals surface area contributed by atoms with Crippen LogP contribution in [-0.2, 0) is 16.2 Å². The zero-order chi connectivity index (χ0) is 26.7. The summed E-state index contributed by atoms with van der Waals surface area (Å²) in [6, 6.07) is 13.5. The van der Waals surface area contributed by atoms with Crippen molar-refractivity contribution in [2.45, 2.75) is 6.61 Å². The van der Waals surface area contributed by atoms with Crippen LogP contribution >= 0.6 is 11.6 Å². The highest BCUT2D eigenvalue weighted by atomic mass is 35.5. The number of phenols is 1. The van der Waals surface area contributed by atoms with Crippen LogP contribution in [0.15, 0.2) is 66.2 Å². The zero-order valence-corrected chi connectivity index (χ0v) is 20.0. The first kappa shape index (κ1) is 25.3. The second-order valence-corrected chi connectivity index (χ2v) is 8.21. The molecule has 0 saturated carbocycles. The van der Waals surface area contributed by atoms with Gasteiger partial charge in [-0.3, -0.25) is 14.9 Å². The lowest BCUT2D eigenvalue weighted by molar-refractivity contribution is -0.122. The average molecular weight is 523 g/mol.